The van der Waals surface area contributed by atoms with Crippen LogP contribution in [0.3, 0.4) is 0 Å². The van der Waals surface area contributed by atoms with Crippen LogP contribution in [-0.4, -0.2) is 50.1 Å². The fourth-order valence-electron chi connectivity index (χ4n) is 3.88. The van der Waals surface area contributed by atoms with Crippen LogP contribution in [0.25, 0.3) is 0 Å². The minimum atomic E-state index is -0.110. The van der Waals surface area contributed by atoms with Crippen LogP contribution in [0.2, 0.25) is 0 Å². The van der Waals surface area contributed by atoms with E-state index < -0.39 is 0 Å². The molecular weight excluding hydrogens is 418 g/mol. The number of hydrogen-bond donors (Lipinski definition) is 5. The van der Waals surface area contributed by atoms with Crippen molar-refractivity contribution in [1.82, 2.24) is 15.6 Å². The lowest BCUT2D eigenvalue weighted by atomic mass is 9.84. The van der Waals surface area contributed by atoms with Crippen molar-refractivity contribution in [3.63, 3.8) is 0 Å². The van der Waals surface area contributed by atoms with Crippen LogP contribution in [0.15, 0.2) is 46.9 Å². The lowest BCUT2D eigenvalue weighted by Gasteiger charge is -2.31. The molecule has 1 amide bonds. The number of pyridine rings is 1. The Morgan fingerprint density at radius 2 is 2.09 bits per heavy atom. The standard InChI is InChI=1S/C23H36N6O2.CH3N.2H2/c1-5-19(25-3)23(30)28-20(17-9-7-6-8-10-17)15-31-29-21-12-11-18(14-27-21)22(26-4)16(2)13-24;1-2;;/h5,11-14,17,20,25H,6-10,15,24H2,1-4H3,(H,27,29)(H,28,30);2H,1H2;2*1H/b16-13-,19-5-,26-22?;;;/t20-;;;/m1.../s1. The molecule has 0 saturated heterocycles. The van der Waals surface area contributed by atoms with Gasteiger partial charge in [0.1, 0.15) is 5.82 Å². The third kappa shape index (κ3) is 8.69. The summed E-state index contributed by atoms with van der Waals surface area (Å²) in [5.41, 5.74) is 11.6. The molecule has 33 heavy (non-hydrogen) atoms. The quantitative estimate of drug-likeness (QED) is 0.205. The highest BCUT2D eigenvalue weighted by Gasteiger charge is 2.26. The van der Waals surface area contributed by atoms with Crippen molar-refractivity contribution in [3.05, 3.63) is 47.4 Å². The molecule has 0 spiro atoms. The summed E-state index contributed by atoms with van der Waals surface area (Å²) in [5.74, 6) is 0.882. The van der Waals surface area contributed by atoms with E-state index in [0.717, 1.165) is 29.7 Å². The maximum atomic E-state index is 12.5. The molecule has 1 heterocycles. The van der Waals surface area contributed by atoms with Gasteiger partial charge in [0.2, 0.25) is 0 Å². The number of likely N-dealkylation sites (N-methyl/N-ethyl adjacent to an activating group) is 1. The van der Waals surface area contributed by atoms with E-state index in [0.29, 0.717) is 24.0 Å². The highest BCUT2D eigenvalue weighted by Crippen LogP contribution is 2.27. The van der Waals surface area contributed by atoms with E-state index in [2.05, 4.69) is 32.8 Å². The monoisotopic (exact) mass is 461 g/mol. The van der Waals surface area contributed by atoms with Crippen LogP contribution < -0.4 is 21.8 Å². The van der Waals surface area contributed by atoms with Crippen molar-refractivity contribution in [2.24, 2.45) is 16.6 Å². The van der Waals surface area contributed by atoms with Gasteiger partial charge in [-0.2, -0.15) is 0 Å². The number of carbonyl (C=O) groups is 1. The fraction of sp³-hybridized carbons (Fsp3) is 0.500. The van der Waals surface area contributed by atoms with Crippen molar-refractivity contribution >= 4 is 24.2 Å². The number of allylic oxidation sites excluding steroid dienone is 2. The molecule has 9 nitrogen and oxygen atoms in total. The number of amides is 1. The fourth-order valence-corrected chi connectivity index (χ4v) is 3.88. The first-order valence-electron chi connectivity index (χ1n) is 11.2. The summed E-state index contributed by atoms with van der Waals surface area (Å²) in [6, 6.07) is 3.68. The number of rotatable bonds is 10. The van der Waals surface area contributed by atoms with Crippen molar-refractivity contribution in [3.8, 4) is 0 Å². The minimum absolute atomic E-state index is 0. The number of nitrogens with one attached hydrogen (secondary N) is 4. The second-order valence-corrected chi connectivity index (χ2v) is 7.70. The number of anilines is 1. The van der Waals surface area contributed by atoms with Gasteiger partial charge in [-0.25, -0.2) is 10.5 Å². The minimum Gasteiger partial charge on any atom is -0.404 e. The van der Waals surface area contributed by atoms with Gasteiger partial charge in [0.05, 0.1) is 24.1 Å². The Morgan fingerprint density at radius 1 is 1.39 bits per heavy atom. The smallest absolute Gasteiger partial charge is 0.267 e. The Balaban J connectivity index is 0. The zero-order chi connectivity index (χ0) is 24.6. The molecule has 1 aliphatic rings. The Morgan fingerprint density at radius 3 is 2.61 bits per heavy atom. The van der Waals surface area contributed by atoms with Crippen molar-refractivity contribution in [1.29, 1.82) is 5.41 Å². The van der Waals surface area contributed by atoms with E-state index in [4.69, 9.17) is 16.0 Å². The predicted molar refractivity (Wildman–Crippen MR) is 140 cm³/mol. The average molecular weight is 462 g/mol. The summed E-state index contributed by atoms with van der Waals surface area (Å²) in [4.78, 5) is 27.0. The van der Waals surface area contributed by atoms with E-state index in [-0.39, 0.29) is 14.8 Å². The summed E-state index contributed by atoms with van der Waals surface area (Å²) in [6.07, 6.45) is 10.9. The van der Waals surface area contributed by atoms with Crippen LogP contribution in [0, 0.1) is 11.3 Å². The van der Waals surface area contributed by atoms with Crippen molar-refractivity contribution in [2.75, 3.05) is 26.2 Å². The Bertz CT molecular complexity index is 824. The largest absolute Gasteiger partial charge is 0.404 e. The van der Waals surface area contributed by atoms with E-state index in [9.17, 15) is 4.79 Å². The number of carbonyl (C=O) groups excluding carboxylic acids is 1. The summed E-state index contributed by atoms with van der Waals surface area (Å²) < 4.78 is 0. The molecule has 1 aromatic rings. The molecule has 1 fully saturated rings. The van der Waals surface area contributed by atoms with Gasteiger partial charge in [-0.05, 0) is 63.2 Å². The van der Waals surface area contributed by atoms with Gasteiger partial charge in [-0.1, -0.05) is 25.3 Å². The molecule has 1 saturated carbocycles. The topological polar surface area (TPSA) is 138 Å². The first kappa shape index (κ1) is 27.8. The summed E-state index contributed by atoms with van der Waals surface area (Å²) in [6.45, 7) is 6.61. The van der Waals surface area contributed by atoms with E-state index >= 15 is 0 Å². The third-order valence-corrected chi connectivity index (χ3v) is 5.66. The maximum absolute atomic E-state index is 12.5. The highest BCUT2D eigenvalue weighted by molar-refractivity contribution is 6.12. The van der Waals surface area contributed by atoms with Crippen LogP contribution in [0.1, 0.15) is 54.4 Å². The second kappa shape index (κ2) is 15.6. The maximum Gasteiger partial charge on any atom is 0.267 e. The lowest BCUT2D eigenvalue weighted by Crippen LogP contribution is -2.46. The molecule has 186 valence electrons. The second-order valence-electron chi connectivity index (χ2n) is 7.70. The highest BCUT2D eigenvalue weighted by atomic mass is 16.6. The number of aliphatic imine (C=N–C) groups is 1. The average Bonchev–Trinajstić information content (AvgIpc) is 2.87. The summed E-state index contributed by atoms with van der Waals surface area (Å²) in [5, 5.41) is 11.6. The molecule has 1 aromatic heterocycles. The van der Waals surface area contributed by atoms with Gasteiger partial charge in [-0.3, -0.25) is 14.6 Å². The number of nitrogens with zero attached hydrogens (tertiary/aromatic N) is 2. The molecule has 0 unspecified atom stereocenters. The molecule has 1 atom stereocenters. The molecule has 0 radical (unpaired) electrons. The zero-order valence-electron chi connectivity index (χ0n) is 20.3. The number of nitrogens with two attached hydrogens (primary N) is 1. The van der Waals surface area contributed by atoms with Crippen molar-refractivity contribution in [2.45, 2.75) is 52.0 Å². The third-order valence-electron chi connectivity index (χ3n) is 5.66. The van der Waals surface area contributed by atoms with Crippen LogP contribution >= 0.6 is 0 Å². The summed E-state index contributed by atoms with van der Waals surface area (Å²) in [7, 11) is 3.47. The van der Waals surface area contributed by atoms with Gasteiger partial charge in [0.25, 0.3) is 5.91 Å². The molecular formula is C24H43N7O2. The van der Waals surface area contributed by atoms with Gasteiger partial charge < -0.3 is 21.8 Å². The SMILES string of the molecule is C/C=C(\NC)C(=O)N[C@H](CONc1ccc(C(=NC)/C(C)=C\N)cn1)C1CCCCC1.C=N.[HH].[HH]. The van der Waals surface area contributed by atoms with Gasteiger partial charge in [0, 0.05) is 28.7 Å². The van der Waals surface area contributed by atoms with Gasteiger partial charge >= 0.3 is 0 Å². The first-order chi connectivity index (χ1) is 16.0. The molecule has 2 rings (SSSR count). The van der Waals surface area contributed by atoms with Crippen molar-refractivity contribution < 1.29 is 12.5 Å². The molecule has 0 aromatic carbocycles. The number of hydrogen-bond acceptors (Lipinski definition) is 8. The molecule has 9 heteroatoms. The van der Waals surface area contributed by atoms with E-state index in [1.807, 2.05) is 26.0 Å². The molecule has 6 N–H and O–H groups in total. The lowest BCUT2D eigenvalue weighted by molar-refractivity contribution is -0.119. The Kier molecular flexibility index (Phi) is 13.1. The van der Waals surface area contributed by atoms with E-state index in [1.165, 1.54) is 25.5 Å². The normalized spacial score (nSPS) is 16.3. The van der Waals surface area contributed by atoms with Crippen LogP contribution in [0.4, 0.5) is 5.82 Å². The van der Waals surface area contributed by atoms with Gasteiger partial charge in [-0.15, -0.1) is 0 Å². The van der Waals surface area contributed by atoms with Crippen LogP contribution in [-0.2, 0) is 9.63 Å². The van der Waals surface area contributed by atoms with Crippen LogP contribution in [0.5, 0.6) is 0 Å². The molecule has 0 bridgehead atoms. The first-order valence-corrected chi connectivity index (χ1v) is 11.2. The Hall–Kier alpha value is -3.20. The van der Waals surface area contributed by atoms with E-state index in [1.54, 1.807) is 26.4 Å². The number of aromatic nitrogens is 1. The molecule has 0 aliphatic heterocycles. The van der Waals surface area contributed by atoms with Gasteiger partial charge in [0.15, 0.2) is 0 Å². The predicted octanol–water partition coefficient (Wildman–Crippen LogP) is 3.65. The molecule has 1 aliphatic carbocycles. The summed E-state index contributed by atoms with van der Waals surface area (Å²) >= 11 is 0. The Labute approximate surface area is 200 Å². The zero-order valence-corrected chi connectivity index (χ0v) is 20.3.